The molecule has 114 valence electrons. The van der Waals surface area contributed by atoms with E-state index < -0.39 is 5.91 Å². The zero-order chi connectivity index (χ0) is 15.9. The lowest BCUT2D eigenvalue weighted by molar-refractivity contribution is -0.123. The SMILES string of the molecule is Cc1ccc(OCC(=O)N/N=C\c2cc(Cl)ccc2O)cc1. The van der Waals surface area contributed by atoms with Gasteiger partial charge in [0.2, 0.25) is 0 Å². The molecule has 0 atom stereocenters. The molecule has 2 rings (SSSR count). The molecular formula is C16H15ClN2O3. The van der Waals surface area contributed by atoms with Crippen LogP contribution in [0.3, 0.4) is 0 Å². The number of rotatable bonds is 5. The van der Waals surface area contributed by atoms with Gasteiger partial charge in [0.05, 0.1) is 6.21 Å². The van der Waals surface area contributed by atoms with E-state index in [0.717, 1.165) is 5.56 Å². The minimum absolute atomic E-state index is 0.0262. The van der Waals surface area contributed by atoms with Crippen LogP contribution in [0.4, 0.5) is 0 Å². The molecule has 2 aromatic carbocycles. The first kappa shape index (κ1) is 15.9. The van der Waals surface area contributed by atoms with Crippen LogP contribution in [0.1, 0.15) is 11.1 Å². The van der Waals surface area contributed by atoms with Gasteiger partial charge in [-0.2, -0.15) is 5.10 Å². The molecule has 0 radical (unpaired) electrons. The van der Waals surface area contributed by atoms with Crippen molar-refractivity contribution in [2.75, 3.05) is 6.61 Å². The van der Waals surface area contributed by atoms with E-state index in [2.05, 4.69) is 10.5 Å². The molecule has 0 unspecified atom stereocenters. The van der Waals surface area contributed by atoms with E-state index in [1.165, 1.54) is 18.3 Å². The summed E-state index contributed by atoms with van der Waals surface area (Å²) >= 11 is 5.81. The highest BCUT2D eigenvalue weighted by Crippen LogP contribution is 2.19. The summed E-state index contributed by atoms with van der Waals surface area (Å²) in [5.41, 5.74) is 3.83. The molecule has 0 aromatic heterocycles. The molecule has 22 heavy (non-hydrogen) atoms. The van der Waals surface area contributed by atoms with Crippen molar-refractivity contribution in [3.05, 3.63) is 58.6 Å². The van der Waals surface area contributed by atoms with Crippen LogP contribution in [0.5, 0.6) is 11.5 Å². The predicted octanol–water partition coefficient (Wildman–Crippen LogP) is 2.88. The van der Waals surface area contributed by atoms with E-state index in [1.807, 2.05) is 19.1 Å². The van der Waals surface area contributed by atoms with Gasteiger partial charge in [0, 0.05) is 10.6 Å². The quantitative estimate of drug-likeness (QED) is 0.658. The second-order valence-corrected chi connectivity index (χ2v) is 5.03. The fourth-order valence-electron chi connectivity index (χ4n) is 1.62. The van der Waals surface area contributed by atoms with Gasteiger partial charge in [-0.3, -0.25) is 4.79 Å². The van der Waals surface area contributed by atoms with E-state index in [9.17, 15) is 9.90 Å². The second-order valence-electron chi connectivity index (χ2n) is 4.60. The van der Waals surface area contributed by atoms with Crippen molar-refractivity contribution in [3.8, 4) is 11.5 Å². The molecule has 0 bridgehead atoms. The van der Waals surface area contributed by atoms with Crippen LogP contribution in [0.2, 0.25) is 5.02 Å². The van der Waals surface area contributed by atoms with Crippen molar-refractivity contribution < 1.29 is 14.6 Å². The van der Waals surface area contributed by atoms with Crippen molar-refractivity contribution in [2.45, 2.75) is 6.92 Å². The Morgan fingerprint density at radius 3 is 2.77 bits per heavy atom. The summed E-state index contributed by atoms with van der Waals surface area (Å²) in [5.74, 6) is 0.230. The number of halogens is 1. The lowest BCUT2D eigenvalue weighted by atomic mass is 10.2. The highest BCUT2D eigenvalue weighted by atomic mass is 35.5. The first-order valence-electron chi connectivity index (χ1n) is 6.54. The molecule has 1 amide bonds. The molecular weight excluding hydrogens is 304 g/mol. The van der Waals surface area contributed by atoms with E-state index in [1.54, 1.807) is 18.2 Å². The fourth-order valence-corrected chi connectivity index (χ4v) is 1.80. The van der Waals surface area contributed by atoms with E-state index in [4.69, 9.17) is 16.3 Å². The molecule has 0 saturated heterocycles. The third-order valence-corrected chi connectivity index (χ3v) is 3.01. The number of nitrogens with zero attached hydrogens (tertiary/aromatic N) is 1. The number of carbonyl (C=O) groups is 1. The number of carbonyl (C=O) groups excluding carboxylic acids is 1. The van der Waals surface area contributed by atoms with Crippen LogP contribution in [0.15, 0.2) is 47.6 Å². The Labute approximate surface area is 133 Å². The number of phenolic OH excluding ortho intramolecular Hbond substituents is 1. The summed E-state index contributed by atoms with van der Waals surface area (Å²) in [5, 5.41) is 13.8. The van der Waals surface area contributed by atoms with Gasteiger partial charge >= 0.3 is 0 Å². The number of hydrogen-bond donors (Lipinski definition) is 2. The summed E-state index contributed by atoms with van der Waals surface area (Å²) in [4.78, 5) is 11.6. The number of nitrogens with one attached hydrogen (secondary N) is 1. The predicted molar refractivity (Wildman–Crippen MR) is 85.5 cm³/mol. The molecule has 2 N–H and O–H groups in total. The molecule has 0 aliphatic rings. The third-order valence-electron chi connectivity index (χ3n) is 2.77. The average molecular weight is 319 g/mol. The lowest BCUT2D eigenvalue weighted by Gasteiger charge is -2.05. The first-order chi connectivity index (χ1) is 10.5. The molecule has 0 aliphatic carbocycles. The molecule has 0 fully saturated rings. The molecule has 6 heteroatoms. The number of aryl methyl sites for hydroxylation is 1. The Morgan fingerprint density at radius 1 is 1.32 bits per heavy atom. The highest BCUT2D eigenvalue weighted by molar-refractivity contribution is 6.30. The highest BCUT2D eigenvalue weighted by Gasteiger charge is 2.02. The number of ether oxygens (including phenoxy) is 1. The van der Waals surface area contributed by atoms with Gasteiger partial charge < -0.3 is 9.84 Å². The van der Waals surface area contributed by atoms with Gasteiger partial charge in [-0.25, -0.2) is 5.43 Å². The lowest BCUT2D eigenvalue weighted by Crippen LogP contribution is -2.24. The molecule has 2 aromatic rings. The monoisotopic (exact) mass is 318 g/mol. The largest absolute Gasteiger partial charge is 0.507 e. The maximum atomic E-state index is 11.6. The van der Waals surface area contributed by atoms with E-state index in [0.29, 0.717) is 16.3 Å². The smallest absolute Gasteiger partial charge is 0.277 e. The summed E-state index contributed by atoms with van der Waals surface area (Å²) in [6.07, 6.45) is 1.31. The zero-order valence-electron chi connectivity index (χ0n) is 11.9. The molecule has 0 spiro atoms. The number of hydrazone groups is 1. The van der Waals surface area contributed by atoms with Crippen molar-refractivity contribution in [3.63, 3.8) is 0 Å². The number of benzene rings is 2. The summed E-state index contributed by atoms with van der Waals surface area (Å²) < 4.78 is 5.31. The standard InChI is InChI=1S/C16H15ClN2O3/c1-11-2-5-14(6-3-11)22-10-16(21)19-18-9-12-8-13(17)4-7-15(12)20/h2-9,20H,10H2,1H3,(H,19,21)/b18-9-. The summed E-state index contributed by atoms with van der Waals surface area (Å²) in [6.45, 7) is 1.82. The van der Waals surface area contributed by atoms with Crippen LogP contribution in [-0.2, 0) is 4.79 Å². The second kappa shape index (κ2) is 7.47. The Balaban J connectivity index is 1.83. The van der Waals surface area contributed by atoms with Gasteiger partial charge in [0.25, 0.3) is 5.91 Å². The molecule has 5 nitrogen and oxygen atoms in total. The van der Waals surface area contributed by atoms with Gasteiger partial charge in [-0.05, 0) is 37.3 Å². The van der Waals surface area contributed by atoms with Crippen LogP contribution in [-0.4, -0.2) is 23.8 Å². The number of hydrogen-bond acceptors (Lipinski definition) is 4. The minimum atomic E-state index is -0.404. The number of phenols is 1. The summed E-state index contributed by atoms with van der Waals surface area (Å²) in [7, 11) is 0. The van der Waals surface area contributed by atoms with Gasteiger partial charge in [-0.1, -0.05) is 29.3 Å². The normalized spacial score (nSPS) is 10.6. The van der Waals surface area contributed by atoms with Crippen molar-refractivity contribution in [1.29, 1.82) is 0 Å². The Hall–Kier alpha value is -2.53. The Bertz CT molecular complexity index is 684. The van der Waals surface area contributed by atoms with Gasteiger partial charge in [0.1, 0.15) is 11.5 Å². The van der Waals surface area contributed by atoms with Crippen LogP contribution < -0.4 is 10.2 Å². The minimum Gasteiger partial charge on any atom is -0.507 e. The molecule has 0 heterocycles. The zero-order valence-corrected chi connectivity index (χ0v) is 12.7. The van der Waals surface area contributed by atoms with Crippen molar-refractivity contribution >= 4 is 23.7 Å². The van der Waals surface area contributed by atoms with E-state index in [-0.39, 0.29) is 12.4 Å². The summed E-state index contributed by atoms with van der Waals surface area (Å²) in [6, 6.07) is 11.9. The third kappa shape index (κ3) is 4.79. The number of amides is 1. The van der Waals surface area contributed by atoms with Gasteiger partial charge in [0.15, 0.2) is 6.61 Å². The fraction of sp³-hybridized carbons (Fsp3) is 0.125. The Morgan fingerprint density at radius 2 is 2.05 bits per heavy atom. The van der Waals surface area contributed by atoms with Crippen molar-refractivity contribution in [1.82, 2.24) is 5.43 Å². The molecule has 0 aliphatic heterocycles. The Kier molecular flexibility index (Phi) is 5.38. The first-order valence-corrected chi connectivity index (χ1v) is 6.92. The van der Waals surface area contributed by atoms with Gasteiger partial charge in [-0.15, -0.1) is 0 Å². The van der Waals surface area contributed by atoms with Crippen molar-refractivity contribution in [2.24, 2.45) is 5.10 Å². The average Bonchev–Trinajstić information content (AvgIpc) is 2.50. The van der Waals surface area contributed by atoms with E-state index >= 15 is 0 Å². The van der Waals surface area contributed by atoms with Crippen LogP contribution in [0.25, 0.3) is 0 Å². The topological polar surface area (TPSA) is 70.9 Å². The number of aromatic hydroxyl groups is 1. The van der Waals surface area contributed by atoms with Crippen LogP contribution in [0, 0.1) is 6.92 Å². The van der Waals surface area contributed by atoms with Crippen LogP contribution >= 0.6 is 11.6 Å². The maximum absolute atomic E-state index is 11.6. The molecule has 0 saturated carbocycles. The maximum Gasteiger partial charge on any atom is 0.277 e.